The zero-order valence-corrected chi connectivity index (χ0v) is 10.3. The van der Waals surface area contributed by atoms with Crippen LogP contribution >= 0.6 is 12.4 Å². The molecule has 0 aromatic heterocycles. The fourth-order valence-corrected chi connectivity index (χ4v) is 1.53. The third kappa shape index (κ3) is 2.65. The van der Waals surface area contributed by atoms with Gasteiger partial charge in [-0.25, -0.2) is 0 Å². The molecule has 1 aromatic carbocycles. The molecule has 1 nitrogen and oxygen atoms in total. The Morgan fingerprint density at radius 1 is 1.07 bits per heavy atom. The van der Waals surface area contributed by atoms with Crippen LogP contribution in [0.4, 0.5) is 0 Å². The molecule has 2 heteroatoms. The van der Waals surface area contributed by atoms with Crippen molar-refractivity contribution in [2.45, 2.75) is 40.0 Å². The Kier molecular flexibility index (Phi) is 4.01. The second kappa shape index (κ2) is 4.22. The van der Waals surface area contributed by atoms with Crippen molar-refractivity contribution in [1.29, 1.82) is 0 Å². The van der Waals surface area contributed by atoms with E-state index in [0.717, 1.165) is 11.1 Å². The maximum absolute atomic E-state index is 9.86. The molecule has 0 radical (unpaired) electrons. The number of halogens is 1. The number of aryl methyl sites for hydroxylation is 2. The third-order valence-corrected chi connectivity index (χ3v) is 2.25. The average Bonchev–Trinajstić information content (AvgIpc) is 1.94. The molecule has 0 aliphatic carbocycles. The predicted octanol–water partition coefficient (Wildman–Crippen LogP) is 3.73. The van der Waals surface area contributed by atoms with E-state index < -0.39 is 0 Å². The fraction of sp³-hybridized carbons (Fsp3) is 0.500. The molecule has 0 bridgehead atoms. The van der Waals surface area contributed by atoms with E-state index in [9.17, 15) is 5.11 Å². The highest BCUT2D eigenvalue weighted by molar-refractivity contribution is 5.85. The summed E-state index contributed by atoms with van der Waals surface area (Å²) in [5, 5.41) is 9.86. The van der Waals surface area contributed by atoms with Gasteiger partial charge in [0, 0.05) is 0 Å². The molecular weight excluding hydrogens is 196 g/mol. The van der Waals surface area contributed by atoms with Gasteiger partial charge < -0.3 is 5.11 Å². The minimum Gasteiger partial charge on any atom is -0.507 e. The molecule has 1 aromatic rings. The molecule has 0 unspecified atom stereocenters. The second-order valence-electron chi connectivity index (χ2n) is 4.73. The molecule has 0 heterocycles. The van der Waals surface area contributed by atoms with Gasteiger partial charge in [-0.05, 0) is 30.4 Å². The number of phenolic OH excluding ortho intramolecular Hbond substituents is 1. The Labute approximate surface area is 92.6 Å². The van der Waals surface area contributed by atoms with Gasteiger partial charge in [0.15, 0.2) is 0 Å². The molecule has 0 amide bonds. The maximum Gasteiger partial charge on any atom is 0.122 e. The van der Waals surface area contributed by atoms with Crippen LogP contribution in [-0.4, -0.2) is 5.11 Å². The maximum atomic E-state index is 9.86. The highest BCUT2D eigenvalue weighted by atomic mass is 35.5. The Hall–Kier alpha value is -0.690. The zero-order chi connectivity index (χ0) is 10.2. The lowest BCUT2D eigenvalue weighted by Crippen LogP contribution is -2.12. The summed E-state index contributed by atoms with van der Waals surface area (Å²) in [6, 6.07) is 4.06. The Morgan fingerprint density at radius 3 is 2.00 bits per heavy atom. The van der Waals surface area contributed by atoms with Crippen LogP contribution in [-0.2, 0) is 5.41 Å². The van der Waals surface area contributed by atoms with Gasteiger partial charge in [-0.1, -0.05) is 38.5 Å². The Morgan fingerprint density at radius 2 is 1.57 bits per heavy atom. The van der Waals surface area contributed by atoms with Crippen LogP contribution in [0, 0.1) is 13.8 Å². The van der Waals surface area contributed by atoms with E-state index in [-0.39, 0.29) is 17.8 Å². The third-order valence-electron chi connectivity index (χ3n) is 2.25. The Balaban J connectivity index is 0.00000169. The van der Waals surface area contributed by atoms with E-state index in [1.165, 1.54) is 5.56 Å². The van der Waals surface area contributed by atoms with Gasteiger partial charge in [-0.2, -0.15) is 0 Å². The first-order chi connectivity index (χ1) is 5.82. The number of hydrogen-bond donors (Lipinski definition) is 1. The normalized spacial score (nSPS) is 10.9. The lowest BCUT2D eigenvalue weighted by atomic mass is 9.84. The minimum absolute atomic E-state index is 0. The lowest BCUT2D eigenvalue weighted by molar-refractivity contribution is 0.442. The number of hydrogen-bond acceptors (Lipinski definition) is 1. The molecule has 80 valence electrons. The summed E-state index contributed by atoms with van der Waals surface area (Å²) in [6.45, 7) is 10.3. The number of rotatable bonds is 0. The zero-order valence-electron chi connectivity index (χ0n) is 9.51. The van der Waals surface area contributed by atoms with Gasteiger partial charge in [0.05, 0.1) is 0 Å². The molecule has 0 saturated heterocycles. The molecular formula is C12H19ClO. The summed E-state index contributed by atoms with van der Waals surface area (Å²) in [4.78, 5) is 0. The van der Waals surface area contributed by atoms with Crippen molar-refractivity contribution in [3.8, 4) is 5.75 Å². The smallest absolute Gasteiger partial charge is 0.122 e. The quantitative estimate of drug-likeness (QED) is 0.698. The highest BCUT2D eigenvalue weighted by Crippen LogP contribution is 2.33. The van der Waals surface area contributed by atoms with Crippen LogP contribution in [0.25, 0.3) is 0 Å². The summed E-state index contributed by atoms with van der Waals surface area (Å²) in [5.74, 6) is 0.443. The van der Waals surface area contributed by atoms with Crippen molar-refractivity contribution in [3.63, 3.8) is 0 Å². The van der Waals surface area contributed by atoms with Crippen molar-refractivity contribution < 1.29 is 5.11 Å². The average molecular weight is 215 g/mol. The van der Waals surface area contributed by atoms with E-state index in [4.69, 9.17) is 0 Å². The topological polar surface area (TPSA) is 20.2 Å². The van der Waals surface area contributed by atoms with Gasteiger partial charge in [-0.15, -0.1) is 12.4 Å². The lowest BCUT2D eigenvalue weighted by Gasteiger charge is -2.22. The molecule has 0 fully saturated rings. The summed E-state index contributed by atoms with van der Waals surface area (Å²) < 4.78 is 0. The van der Waals surface area contributed by atoms with Gasteiger partial charge in [0.25, 0.3) is 0 Å². The van der Waals surface area contributed by atoms with Crippen LogP contribution in [0.3, 0.4) is 0 Å². The second-order valence-corrected chi connectivity index (χ2v) is 4.73. The van der Waals surface area contributed by atoms with E-state index in [1.54, 1.807) is 0 Å². The monoisotopic (exact) mass is 214 g/mol. The van der Waals surface area contributed by atoms with E-state index in [1.807, 2.05) is 13.0 Å². The summed E-state index contributed by atoms with van der Waals surface area (Å²) >= 11 is 0. The minimum atomic E-state index is 0. The first-order valence-corrected chi connectivity index (χ1v) is 4.63. The van der Waals surface area contributed by atoms with Crippen LogP contribution in [0.1, 0.15) is 37.5 Å². The number of phenols is 1. The summed E-state index contributed by atoms with van der Waals surface area (Å²) in [5.41, 5.74) is 3.22. The van der Waals surface area contributed by atoms with E-state index in [0.29, 0.717) is 5.75 Å². The van der Waals surface area contributed by atoms with Gasteiger partial charge in [0.1, 0.15) is 5.75 Å². The van der Waals surface area contributed by atoms with Crippen molar-refractivity contribution in [1.82, 2.24) is 0 Å². The molecule has 1 rings (SSSR count). The molecule has 0 spiro atoms. The largest absolute Gasteiger partial charge is 0.507 e. The molecule has 1 N–H and O–H groups in total. The predicted molar refractivity (Wildman–Crippen MR) is 63.5 cm³/mol. The fourth-order valence-electron chi connectivity index (χ4n) is 1.53. The van der Waals surface area contributed by atoms with Gasteiger partial charge in [0.2, 0.25) is 0 Å². The molecule has 0 saturated carbocycles. The first kappa shape index (κ1) is 13.3. The van der Waals surface area contributed by atoms with Crippen LogP contribution in [0.2, 0.25) is 0 Å². The molecule has 0 atom stereocenters. The SMILES string of the molecule is Cc1cc(C)c(O)c(C(C)(C)C)c1.Cl. The summed E-state index contributed by atoms with van der Waals surface area (Å²) in [6.07, 6.45) is 0. The van der Waals surface area contributed by atoms with Crippen molar-refractivity contribution >= 4 is 12.4 Å². The van der Waals surface area contributed by atoms with E-state index in [2.05, 4.69) is 33.8 Å². The molecule has 0 aliphatic rings. The highest BCUT2D eigenvalue weighted by Gasteiger charge is 2.19. The first-order valence-electron chi connectivity index (χ1n) is 4.63. The van der Waals surface area contributed by atoms with Crippen LogP contribution < -0.4 is 0 Å². The van der Waals surface area contributed by atoms with Gasteiger partial charge >= 0.3 is 0 Å². The number of aromatic hydroxyl groups is 1. The van der Waals surface area contributed by atoms with Crippen LogP contribution in [0.15, 0.2) is 12.1 Å². The van der Waals surface area contributed by atoms with Crippen molar-refractivity contribution in [2.24, 2.45) is 0 Å². The Bertz CT molecular complexity index is 324. The van der Waals surface area contributed by atoms with Crippen molar-refractivity contribution in [3.05, 3.63) is 28.8 Å². The van der Waals surface area contributed by atoms with Crippen molar-refractivity contribution in [2.75, 3.05) is 0 Å². The van der Waals surface area contributed by atoms with E-state index >= 15 is 0 Å². The van der Waals surface area contributed by atoms with Gasteiger partial charge in [-0.3, -0.25) is 0 Å². The molecule has 0 aliphatic heterocycles. The van der Waals surface area contributed by atoms with Crippen LogP contribution in [0.5, 0.6) is 5.75 Å². The number of benzene rings is 1. The molecule has 14 heavy (non-hydrogen) atoms. The standard InChI is InChI=1S/C12H18O.ClH/c1-8-6-9(2)11(13)10(7-8)12(3,4)5;/h6-7,13H,1-5H3;1H. The summed E-state index contributed by atoms with van der Waals surface area (Å²) in [7, 11) is 0.